The van der Waals surface area contributed by atoms with Gasteiger partial charge in [0.25, 0.3) is 5.69 Å². The number of hydrogen-bond acceptors (Lipinski definition) is 5. The van der Waals surface area contributed by atoms with Crippen molar-refractivity contribution in [3.63, 3.8) is 0 Å². The van der Waals surface area contributed by atoms with Crippen molar-refractivity contribution < 1.29 is 4.92 Å². The highest BCUT2D eigenvalue weighted by molar-refractivity contribution is 5.61. The van der Waals surface area contributed by atoms with E-state index in [1.54, 1.807) is 6.07 Å². The number of nitrogens with zero attached hydrogens (tertiary/aromatic N) is 2. The van der Waals surface area contributed by atoms with Crippen molar-refractivity contribution in [2.24, 2.45) is 5.73 Å². The van der Waals surface area contributed by atoms with E-state index in [1.165, 1.54) is 12.1 Å². The molecule has 2 rings (SSSR count). The Morgan fingerprint density at radius 1 is 1.42 bits per heavy atom. The van der Waals surface area contributed by atoms with Crippen LogP contribution >= 0.6 is 0 Å². The third-order valence-electron chi connectivity index (χ3n) is 3.49. The van der Waals surface area contributed by atoms with E-state index in [9.17, 15) is 10.1 Å². The van der Waals surface area contributed by atoms with Crippen LogP contribution in [-0.4, -0.2) is 17.0 Å². The predicted molar refractivity (Wildman–Crippen MR) is 71.7 cm³/mol. The molecule has 1 aromatic carbocycles. The molecule has 0 radical (unpaired) electrons. The molecule has 0 heterocycles. The number of anilines is 1. The van der Waals surface area contributed by atoms with Crippen molar-refractivity contribution in [2.75, 3.05) is 5.32 Å². The van der Waals surface area contributed by atoms with Crippen LogP contribution < -0.4 is 11.1 Å². The molecule has 6 nitrogen and oxygen atoms in total. The first kappa shape index (κ1) is 13.3. The standard InChI is InChI=1S/C13H16N4O2/c14-8-9-7-10(17(18)19)5-6-12(9)16-13-4-2-1-3-11(13)15/h5-7,11,13,16H,1-4,15H2. The van der Waals surface area contributed by atoms with Gasteiger partial charge in [-0.25, -0.2) is 0 Å². The lowest BCUT2D eigenvalue weighted by molar-refractivity contribution is -0.384. The summed E-state index contributed by atoms with van der Waals surface area (Å²) in [6, 6.07) is 6.45. The molecule has 2 atom stereocenters. The van der Waals surface area contributed by atoms with Gasteiger partial charge in [0.2, 0.25) is 0 Å². The third kappa shape index (κ3) is 3.01. The Labute approximate surface area is 111 Å². The summed E-state index contributed by atoms with van der Waals surface area (Å²) in [7, 11) is 0. The van der Waals surface area contributed by atoms with Crippen molar-refractivity contribution >= 4 is 11.4 Å². The number of benzene rings is 1. The van der Waals surface area contributed by atoms with Crippen molar-refractivity contribution in [1.29, 1.82) is 5.26 Å². The molecular weight excluding hydrogens is 244 g/mol. The molecule has 2 unspecified atom stereocenters. The van der Waals surface area contributed by atoms with E-state index in [1.807, 2.05) is 6.07 Å². The second kappa shape index (κ2) is 5.67. The van der Waals surface area contributed by atoms with Gasteiger partial charge in [-0.05, 0) is 18.9 Å². The van der Waals surface area contributed by atoms with Crippen molar-refractivity contribution in [2.45, 2.75) is 37.8 Å². The highest BCUT2D eigenvalue weighted by Crippen LogP contribution is 2.25. The smallest absolute Gasteiger partial charge is 0.270 e. The number of nitrogens with two attached hydrogens (primary N) is 1. The van der Waals surface area contributed by atoms with Gasteiger partial charge in [0.05, 0.1) is 16.2 Å². The van der Waals surface area contributed by atoms with Crippen molar-refractivity contribution in [3.05, 3.63) is 33.9 Å². The zero-order chi connectivity index (χ0) is 13.8. The fourth-order valence-electron chi connectivity index (χ4n) is 2.40. The monoisotopic (exact) mass is 260 g/mol. The van der Waals surface area contributed by atoms with Crippen LogP contribution in [0.25, 0.3) is 0 Å². The molecule has 6 heteroatoms. The molecule has 0 spiro atoms. The summed E-state index contributed by atoms with van der Waals surface area (Å²) in [5.41, 5.74) is 6.87. The molecule has 3 N–H and O–H groups in total. The molecule has 1 fully saturated rings. The summed E-state index contributed by atoms with van der Waals surface area (Å²) in [6.07, 6.45) is 4.17. The van der Waals surface area contributed by atoms with Gasteiger partial charge in [-0.15, -0.1) is 0 Å². The van der Waals surface area contributed by atoms with Gasteiger partial charge in [-0.2, -0.15) is 5.26 Å². The molecule has 19 heavy (non-hydrogen) atoms. The average Bonchev–Trinajstić information content (AvgIpc) is 2.41. The zero-order valence-electron chi connectivity index (χ0n) is 10.5. The van der Waals surface area contributed by atoms with E-state index < -0.39 is 4.92 Å². The van der Waals surface area contributed by atoms with E-state index in [2.05, 4.69) is 5.32 Å². The maximum Gasteiger partial charge on any atom is 0.270 e. The van der Waals surface area contributed by atoms with Gasteiger partial charge in [-0.3, -0.25) is 10.1 Å². The fraction of sp³-hybridized carbons (Fsp3) is 0.462. The second-order valence-electron chi connectivity index (χ2n) is 4.80. The van der Waals surface area contributed by atoms with Gasteiger partial charge in [0.15, 0.2) is 0 Å². The molecule has 1 saturated carbocycles. The van der Waals surface area contributed by atoms with Crippen molar-refractivity contribution in [1.82, 2.24) is 0 Å². The molecule has 1 aliphatic rings. The average molecular weight is 260 g/mol. The number of nitro groups is 1. The summed E-state index contributed by atoms with van der Waals surface area (Å²) >= 11 is 0. The number of rotatable bonds is 3. The topological polar surface area (TPSA) is 105 Å². The Morgan fingerprint density at radius 3 is 2.79 bits per heavy atom. The van der Waals surface area contributed by atoms with Crippen LogP contribution in [0.15, 0.2) is 18.2 Å². The lowest BCUT2D eigenvalue weighted by Gasteiger charge is -2.30. The molecule has 0 amide bonds. The minimum absolute atomic E-state index is 0.0653. The highest BCUT2D eigenvalue weighted by Gasteiger charge is 2.22. The molecule has 0 aliphatic heterocycles. The zero-order valence-corrected chi connectivity index (χ0v) is 10.5. The molecule has 100 valence electrons. The first-order chi connectivity index (χ1) is 9.11. The Balaban J connectivity index is 2.20. The van der Waals surface area contributed by atoms with Crippen LogP contribution in [-0.2, 0) is 0 Å². The van der Waals surface area contributed by atoms with Crippen molar-refractivity contribution in [3.8, 4) is 6.07 Å². The Bertz CT molecular complexity index is 524. The SMILES string of the molecule is N#Cc1cc([N+](=O)[O-])ccc1NC1CCCCC1N. The number of nitro benzene ring substituents is 1. The van der Waals surface area contributed by atoms with Gasteiger partial charge >= 0.3 is 0 Å². The summed E-state index contributed by atoms with van der Waals surface area (Å²) in [5, 5.41) is 23.0. The molecule has 0 saturated heterocycles. The van der Waals surface area contributed by atoms with Gasteiger partial charge in [-0.1, -0.05) is 12.8 Å². The predicted octanol–water partition coefficient (Wildman–Crippen LogP) is 2.15. The quantitative estimate of drug-likeness (QED) is 0.640. The molecule has 0 bridgehead atoms. The van der Waals surface area contributed by atoms with E-state index in [-0.39, 0.29) is 23.3 Å². The van der Waals surface area contributed by atoms with E-state index in [4.69, 9.17) is 11.0 Å². The summed E-state index contributed by atoms with van der Waals surface area (Å²) in [5.74, 6) is 0. The lowest BCUT2D eigenvalue weighted by atomic mass is 9.90. The van der Waals surface area contributed by atoms with Crippen LogP contribution in [0.5, 0.6) is 0 Å². The molecular formula is C13H16N4O2. The van der Waals surface area contributed by atoms with E-state index >= 15 is 0 Å². The molecule has 0 aromatic heterocycles. The first-order valence-corrected chi connectivity index (χ1v) is 6.32. The Kier molecular flexibility index (Phi) is 3.97. The maximum absolute atomic E-state index is 10.7. The van der Waals surface area contributed by atoms with Crippen LogP contribution in [0, 0.1) is 21.4 Å². The number of nitrogens with one attached hydrogen (secondary N) is 1. The van der Waals surface area contributed by atoms with Gasteiger partial charge in [0.1, 0.15) is 6.07 Å². The summed E-state index contributed by atoms with van der Waals surface area (Å²) in [6.45, 7) is 0. The van der Waals surface area contributed by atoms with Gasteiger partial charge < -0.3 is 11.1 Å². The summed E-state index contributed by atoms with van der Waals surface area (Å²) in [4.78, 5) is 10.2. The number of hydrogen-bond donors (Lipinski definition) is 2. The van der Waals surface area contributed by atoms with Crippen LogP contribution in [0.1, 0.15) is 31.2 Å². The Morgan fingerprint density at radius 2 is 2.16 bits per heavy atom. The third-order valence-corrected chi connectivity index (χ3v) is 3.49. The maximum atomic E-state index is 10.7. The molecule has 1 aromatic rings. The van der Waals surface area contributed by atoms with E-state index in [0.29, 0.717) is 5.69 Å². The van der Waals surface area contributed by atoms with Gasteiger partial charge in [0, 0.05) is 24.2 Å². The first-order valence-electron chi connectivity index (χ1n) is 6.32. The Hall–Kier alpha value is -2.13. The molecule has 1 aliphatic carbocycles. The minimum Gasteiger partial charge on any atom is -0.380 e. The number of nitriles is 1. The fourth-order valence-corrected chi connectivity index (χ4v) is 2.40. The normalized spacial score (nSPS) is 22.5. The lowest BCUT2D eigenvalue weighted by Crippen LogP contribution is -2.42. The number of non-ortho nitro benzene ring substituents is 1. The van der Waals surface area contributed by atoms with Crippen LogP contribution in [0.4, 0.5) is 11.4 Å². The highest BCUT2D eigenvalue weighted by atomic mass is 16.6. The van der Waals surface area contributed by atoms with E-state index in [0.717, 1.165) is 25.7 Å². The second-order valence-corrected chi connectivity index (χ2v) is 4.80. The minimum atomic E-state index is -0.503. The van der Waals surface area contributed by atoms with Crippen LogP contribution in [0.2, 0.25) is 0 Å². The summed E-state index contributed by atoms with van der Waals surface area (Å²) < 4.78 is 0. The largest absolute Gasteiger partial charge is 0.380 e. The van der Waals surface area contributed by atoms with Crippen LogP contribution in [0.3, 0.4) is 0 Å².